The van der Waals surface area contributed by atoms with Crippen molar-refractivity contribution >= 4 is 18.4 Å². The number of rotatable bonds is 5. The summed E-state index contributed by atoms with van der Waals surface area (Å²) in [4.78, 5) is 0. The molecule has 0 amide bonds. The first-order chi connectivity index (χ1) is 9.69. The quantitative estimate of drug-likeness (QED) is 0.679. The third kappa shape index (κ3) is 2.88. The number of benzene rings is 1. The third-order valence-corrected chi connectivity index (χ3v) is 3.03. The number of ether oxygens (including phenoxy) is 2. The Kier molecular flexibility index (Phi) is 4.52. The predicted octanol–water partition coefficient (Wildman–Crippen LogP) is 2.40. The Morgan fingerprint density at radius 1 is 1.35 bits per heavy atom. The van der Waals surface area contributed by atoms with Gasteiger partial charge in [-0.05, 0) is 36.0 Å². The lowest BCUT2D eigenvalue weighted by molar-refractivity contribution is 0.355. The molecule has 0 spiro atoms. The van der Waals surface area contributed by atoms with Crippen molar-refractivity contribution in [1.82, 2.24) is 14.9 Å². The van der Waals surface area contributed by atoms with Gasteiger partial charge in [0.15, 0.2) is 17.3 Å². The molecule has 0 saturated heterocycles. The number of aromatic amines is 1. The Morgan fingerprint density at radius 3 is 2.75 bits per heavy atom. The standard InChI is InChI=1S/C13H16N4O2S/c1-4-12-15-16-13(20)17(12)14-8-9-5-6-10(18-2)11(7-9)19-3/h5-8H,4H2,1-3H3,(H,16,20)/b14-8+. The summed E-state index contributed by atoms with van der Waals surface area (Å²) in [5.74, 6) is 2.12. The molecule has 0 unspecified atom stereocenters. The number of methoxy groups -OCH3 is 2. The zero-order valence-corrected chi connectivity index (χ0v) is 12.4. The van der Waals surface area contributed by atoms with Crippen molar-refractivity contribution < 1.29 is 9.47 Å². The molecule has 1 N–H and O–H groups in total. The Bertz CT molecular complexity index is 675. The van der Waals surface area contributed by atoms with Gasteiger partial charge in [-0.2, -0.15) is 14.9 Å². The summed E-state index contributed by atoms with van der Waals surface area (Å²) >= 11 is 5.13. The van der Waals surface area contributed by atoms with E-state index >= 15 is 0 Å². The molecule has 0 fully saturated rings. The fourth-order valence-corrected chi connectivity index (χ4v) is 1.93. The van der Waals surface area contributed by atoms with Crippen molar-refractivity contribution in [2.75, 3.05) is 14.2 Å². The Labute approximate surface area is 122 Å². The van der Waals surface area contributed by atoms with Crippen LogP contribution < -0.4 is 9.47 Å². The smallest absolute Gasteiger partial charge is 0.216 e. The maximum Gasteiger partial charge on any atom is 0.216 e. The third-order valence-electron chi connectivity index (χ3n) is 2.76. The van der Waals surface area contributed by atoms with Crippen LogP contribution in [-0.4, -0.2) is 35.3 Å². The minimum atomic E-state index is 0.471. The largest absolute Gasteiger partial charge is 0.493 e. The summed E-state index contributed by atoms with van der Waals surface area (Å²) in [6.45, 7) is 1.99. The summed E-state index contributed by atoms with van der Waals surface area (Å²) in [5.41, 5.74) is 0.882. The first kappa shape index (κ1) is 14.3. The van der Waals surface area contributed by atoms with Crippen molar-refractivity contribution in [3.63, 3.8) is 0 Å². The monoisotopic (exact) mass is 292 g/mol. The molecule has 0 bridgehead atoms. The van der Waals surface area contributed by atoms with Crippen LogP contribution in [0.25, 0.3) is 0 Å². The first-order valence-corrected chi connectivity index (χ1v) is 6.53. The average molecular weight is 292 g/mol. The highest BCUT2D eigenvalue weighted by atomic mass is 32.1. The van der Waals surface area contributed by atoms with E-state index in [1.54, 1.807) is 25.1 Å². The van der Waals surface area contributed by atoms with E-state index in [1.165, 1.54) is 0 Å². The summed E-state index contributed by atoms with van der Waals surface area (Å²) < 4.78 is 12.5. The van der Waals surface area contributed by atoms with Gasteiger partial charge in [-0.15, -0.1) is 0 Å². The van der Waals surface area contributed by atoms with Crippen LogP contribution in [0.5, 0.6) is 11.5 Å². The van der Waals surface area contributed by atoms with Crippen LogP contribution >= 0.6 is 12.2 Å². The minimum Gasteiger partial charge on any atom is -0.493 e. The molecule has 2 rings (SSSR count). The zero-order chi connectivity index (χ0) is 14.5. The number of hydrogen-bond acceptors (Lipinski definition) is 5. The molecule has 1 aromatic carbocycles. The number of aromatic nitrogens is 3. The van der Waals surface area contributed by atoms with Crippen molar-refractivity contribution in [2.45, 2.75) is 13.3 Å². The van der Waals surface area contributed by atoms with Crippen LogP contribution in [0, 0.1) is 4.77 Å². The highest BCUT2D eigenvalue weighted by molar-refractivity contribution is 7.71. The van der Waals surface area contributed by atoms with Crippen LogP contribution in [-0.2, 0) is 6.42 Å². The van der Waals surface area contributed by atoms with Gasteiger partial charge in [-0.25, -0.2) is 0 Å². The highest BCUT2D eigenvalue weighted by Crippen LogP contribution is 2.26. The second kappa shape index (κ2) is 6.33. The van der Waals surface area contributed by atoms with Crippen molar-refractivity contribution in [2.24, 2.45) is 5.10 Å². The van der Waals surface area contributed by atoms with Crippen LogP contribution in [0.15, 0.2) is 23.3 Å². The van der Waals surface area contributed by atoms with Gasteiger partial charge in [0.1, 0.15) is 0 Å². The van der Waals surface area contributed by atoms with Gasteiger partial charge in [0.2, 0.25) is 4.77 Å². The lowest BCUT2D eigenvalue weighted by Gasteiger charge is -2.07. The summed E-state index contributed by atoms with van der Waals surface area (Å²) in [6, 6.07) is 5.56. The molecule has 7 heteroatoms. The number of hydrogen-bond donors (Lipinski definition) is 1. The molecule has 0 aliphatic heterocycles. The van der Waals surface area contributed by atoms with E-state index < -0.39 is 0 Å². The maximum absolute atomic E-state index is 5.25. The molecule has 0 aliphatic carbocycles. The van der Waals surface area contributed by atoms with Gasteiger partial charge in [-0.1, -0.05) is 6.92 Å². The topological polar surface area (TPSA) is 64.4 Å². The van der Waals surface area contributed by atoms with Crippen LogP contribution in [0.2, 0.25) is 0 Å². The summed E-state index contributed by atoms with van der Waals surface area (Å²) in [6.07, 6.45) is 2.45. The SMILES string of the molecule is CCc1n[nH]c(=S)n1/N=C/c1ccc(OC)c(OC)c1. The van der Waals surface area contributed by atoms with Crippen LogP contribution in [0.1, 0.15) is 18.3 Å². The number of nitrogens with one attached hydrogen (secondary N) is 1. The van der Waals surface area contributed by atoms with E-state index in [0.29, 0.717) is 16.3 Å². The second-order valence-electron chi connectivity index (χ2n) is 3.97. The van der Waals surface area contributed by atoms with Crippen LogP contribution in [0.4, 0.5) is 0 Å². The average Bonchev–Trinajstić information content (AvgIpc) is 2.85. The van der Waals surface area contributed by atoms with E-state index in [-0.39, 0.29) is 0 Å². The lowest BCUT2D eigenvalue weighted by Crippen LogP contribution is -1.98. The number of H-pyrrole nitrogens is 1. The predicted molar refractivity (Wildman–Crippen MR) is 79.3 cm³/mol. The van der Waals surface area contributed by atoms with Gasteiger partial charge < -0.3 is 9.47 Å². The van der Waals surface area contributed by atoms with Gasteiger partial charge in [0.05, 0.1) is 20.4 Å². The molecular weight excluding hydrogens is 276 g/mol. The Balaban J connectivity index is 2.32. The zero-order valence-electron chi connectivity index (χ0n) is 11.6. The van der Waals surface area contributed by atoms with Crippen molar-refractivity contribution in [3.05, 3.63) is 34.4 Å². The van der Waals surface area contributed by atoms with Gasteiger partial charge in [-0.3, -0.25) is 5.10 Å². The molecule has 0 aliphatic rings. The van der Waals surface area contributed by atoms with Gasteiger partial charge in [0.25, 0.3) is 0 Å². The molecule has 106 valence electrons. The molecule has 6 nitrogen and oxygen atoms in total. The highest BCUT2D eigenvalue weighted by Gasteiger charge is 2.04. The second-order valence-corrected chi connectivity index (χ2v) is 4.36. The minimum absolute atomic E-state index is 0.471. The van der Waals surface area contributed by atoms with Gasteiger partial charge >= 0.3 is 0 Å². The molecule has 1 aromatic heterocycles. The summed E-state index contributed by atoms with van der Waals surface area (Å²) in [5, 5.41) is 11.2. The van der Waals surface area contributed by atoms with Crippen LogP contribution in [0.3, 0.4) is 0 Å². The summed E-state index contributed by atoms with van der Waals surface area (Å²) in [7, 11) is 3.20. The number of aryl methyl sites for hydroxylation is 1. The van der Waals surface area contributed by atoms with Gasteiger partial charge in [0, 0.05) is 6.42 Å². The lowest BCUT2D eigenvalue weighted by atomic mass is 10.2. The fraction of sp³-hybridized carbons (Fsp3) is 0.308. The molecule has 2 aromatic rings. The fourth-order valence-electron chi connectivity index (χ4n) is 1.73. The van der Waals surface area contributed by atoms with E-state index in [0.717, 1.165) is 17.8 Å². The van der Waals surface area contributed by atoms with Crippen molar-refractivity contribution in [3.8, 4) is 11.5 Å². The first-order valence-electron chi connectivity index (χ1n) is 6.12. The maximum atomic E-state index is 5.25. The molecule has 1 heterocycles. The van der Waals surface area contributed by atoms with Crippen molar-refractivity contribution in [1.29, 1.82) is 0 Å². The molecular formula is C13H16N4O2S. The van der Waals surface area contributed by atoms with E-state index in [1.807, 2.05) is 25.1 Å². The number of nitrogens with zero attached hydrogens (tertiary/aromatic N) is 3. The Hall–Kier alpha value is -2.15. The normalized spacial score (nSPS) is 10.9. The molecule has 0 atom stereocenters. The molecule has 0 radical (unpaired) electrons. The molecule has 20 heavy (non-hydrogen) atoms. The molecule has 0 saturated carbocycles. The van der Waals surface area contributed by atoms with E-state index in [4.69, 9.17) is 21.7 Å². The Morgan fingerprint density at radius 2 is 2.10 bits per heavy atom. The van der Waals surface area contributed by atoms with E-state index in [9.17, 15) is 0 Å². The van der Waals surface area contributed by atoms with E-state index in [2.05, 4.69) is 15.3 Å².